The zero-order valence-corrected chi connectivity index (χ0v) is 19.2. The number of Topliss-reactive ketones (excluding diaryl/α,β-unsaturated/α-hetero) is 1. The summed E-state index contributed by atoms with van der Waals surface area (Å²) in [5.41, 5.74) is 3.58. The molecule has 0 saturated heterocycles. The number of ketones is 1. The van der Waals surface area contributed by atoms with Crippen LogP contribution in [0.15, 0.2) is 55.4 Å². The van der Waals surface area contributed by atoms with Gasteiger partial charge in [0.05, 0.1) is 42.7 Å². The zero-order valence-electron chi connectivity index (χ0n) is 19.2. The maximum Gasteiger partial charge on any atom is 0.226 e. The minimum absolute atomic E-state index is 0.0146. The second kappa shape index (κ2) is 8.15. The van der Waals surface area contributed by atoms with E-state index < -0.39 is 0 Å². The molecule has 1 atom stereocenters. The molecule has 34 heavy (non-hydrogen) atoms. The van der Waals surface area contributed by atoms with E-state index >= 15 is 0 Å². The molecule has 1 amide bonds. The Balaban J connectivity index is 1.16. The van der Waals surface area contributed by atoms with Crippen molar-refractivity contribution in [3.8, 4) is 11.3 Å². The smallest absolute Gasteiger partial charge is 0.226 e. The molecule has 1 unspecified atom stereocenters. The Bertz CT molecular complexity index is 1230. The normalized spacial score (nSPS) is 27.0. The fourth-order valence-electron chi connectivity index (χ4n) is 6.54. The van der Waals surface area contributed by atoms with Crippen molar-refractivity contribution in [3.63, 3.8) is 0 Å². The molecule has 2 aromatic heterocycles. The van der Waals surface area contributed by atoms with Crippen molar-refractivity contribution in [1.29, 1.82) is 0 Å². The average molecular weight is 456 g/mol. The third-order valence-corrected chi connectivity index (χ3v) is 8.57. The predicted octanol–water partition coefficient (Wildman–Crippen LogP) is 4.25. The van der Waals surface area contributed by atoms with Crippen molar-refractivity contribution in [2.75, 3.05) is 0 Å². The van der Waals surface area contributed by atoms with Crippen LogP contribution >= 0.6 is 0 Å². The Morgan fingerprint density at radius 2 is 1.76 bits per heavy atom. The summed E-state index contributed by atoms with van der Waals surface area (Å²) >= 11 is 0. The van der Waals surface area contributed by atoms with Gasteiger partial charge in [-0.3, -0.25) is 19.6 Å². The summed E-state index contributed by atoms with van der Waals surface area (Å²) in [5.74, 6) is 0.457. The highest BCUT2D eigenvalue weighted by molar-refractivity contribution is 5.88. The first-order valence-electron chi connectivity index (χ1n) is 12.3. The number of carbonyl (C=O) groups is 2. The lowest BCUT2D eigenvalue weighted by Crippen LogP contribution is -2.45. The lowest BCUT2D eigenvalue weighted by atomic mass is 9.62. The quantitative estimate of drug-likeness (QED) is 0.600. The molecule has 7 heteroatoms. The summed E-state index contributed by atoms with van der Waals surface area (Å²) in [7, 11) is 0. The van der Waals surface area contributed by atoms with Crippen molar-refractivity contribution in [2.24, 2.45) is 10.8 Å². The lowest BCUT2D eigenvalue weighted by molar-refractivity contribution is -0.139. The van der Waals surface area contributed by atoms with E-state index in [1.807, 2.05) is 18.6 Å². The largest absolute Gasteiger partial charge is 0.350 e. The number of imidazole rings is 1. The first kappa shape index (κ1) is 21.2. The first-order valence-corrected chi connectivity index (χ1v) is 12.3. The van der Waals surface area contributed by atoms with Gasteiger partial charge in [-0.05, 0) is 44.1 Å². The molecule has 1 aromatic carbocycles. The van der Waals surface area contributed by atoms with Crippen LogP contribution in [0, 0.1) is 10.8 Å². The van der Waals surface area contributed by atoms with Crippen LogP contribution in [0.1, 0.15) is 68.7 Å². The van der Waals surface area contributed by atoms with Gasteiger partial charge in [-0.15, -0.1) is 0 Å². The Morgan fingerprint density at radius 3 is 2.59 bits per heavy atom. The molecule has 0 spiro atoms. The predicted molar refractivity (Wildman–Crippen MR) is 126 cm³/mol. The van der Waals surface area contributed by atoms with Crippen LogP contribution in [0.25, 0.3) is 11.3 Å². The van der Waals surface area contributed by atoms with Crippen LogP contribution in [-0.2, 0) is 16.1 Å². The van der Waals surface area contributed by atoms with Gasteiger partial charge in [0.2, 0.25) is 5.91 Å². The minimum atomic E-state index is -0.361. The van der Waals surface area contributed by atoms with Crippen LogP contribution in [0.5, 0.6) is 0 Å². The molecule has 7 rings (SSSR count). The monoisotopic (exact) mass is 455 g/mol. The molecular weight excluding hydrogens is 426 g/mol. The second-order valence-electron chi connectivity index (χ2n) is 10.2. The molecule has 3 heterocycles. The third kappa shape index (κ3) is 3.37. The van der Waals surface area contributed by atoms with Crippen LogP contribution in [-0.4, -0.2) is 31.2 Å². The van der Waals surface area contributed by atoms with Crippen molar-refractivity contribution in [1.82, 2.24) is 24.8 Å². The Morgan fingerprint density at radius 1 is 0.971 bits per heavy atom. The van der Waals surface area contributed by atoms with Gasteiger partial charge < -0.3 is 9.88 Å². The van der Waals surface area contributed by atoms with Crippen molar-refractivity contribution < 1.29 is 9.59 Å². The van der Waals surface area contributed by atoms with Gasteiger partial charge in [-0.25, -0.2) is 4.98 Å². The van der Waals surface area contributed by atoms with E-state index in [0.29, 0.717) is 18.7 Å². The summed E-state index contributed by atoms with van der Waals surface area (Å²) in [4.78, 5) is 39.8. The van der Waals surface area contributed by atoms with Crippen LogP contribution in [0.2, 0.25) is 0 Å². The molecule has 1 N–H and O–H groups in total. The molecule has 3 aliphatic carbocycles. The fraction of sp³-hybridized carbons (Fsp3) is 0.444. The van der Waals surface area contributed by atoms with Gasteiger partial charge in [0.15, 0.2) is 0 Å². The molecular formula is C27H29N5O2. The second-order valence-corrected chi connectivity index (χ2v) is 10.2. The van der Waals surface area contributed by atoms with Gasteiger partial charge in [-0.1, -0.05) is 30.7 Å². The number of nitrogens with zero attached hydrogens (tertiary/aromatic N) is 4. The lowest BCUT2D eigenvalue weighted by Gasteiger charge is -2.41. The van der Waals surface area contributed by atoms with E-state index in [4.69, 9.17) is 0 Å². The molecule has 174 valence electrons. The SMILES string of the molecule is O=C(CC1c2ccccc2-c2cncn21)C12CCCC(C(=O)NCc3cnccn3)(CC1)CC2. The molecule has 4 aliphatic rings. The van der Waals surface area contributed by atoms with Crippen LogP contribution < -0.4 is 5.32 Å². The van der Waals surface area contributed by atoms with Gasteiger partial charge in [0, 0.05) is 35.2 Å². The van der Waals surface area contributed by atoms with E-state index in [1.54, 1.807) is 18.6 Å². The summed E-state index contributed by atoms with van der Waals surface area (Å²) < 4.78 is 2.16. The van der Waals surface area contributed by atoms with E-state index in [9.17, 15) is 9.59 Å². The Hall–Kier alpha value is -3.35. The first-order chi connectivity index (χ1) is 16.6. The van der Waals surface area contributed by atoms with Crippen molar-refractivity contribution >= 4 is 11.7 Å². The highest BCUT2D eigenvalue weighted by Gasteiger charge is 2.52. The fourth-order valence-corrected chi connectivity index (χ4v) is 6.54. The number of rotatable bonds is 6. The molecule has 0 radical (unpaired) electrons. The van der Waals surface area contributed by atoms with E-state index in [2.05, 4.69) is 43.0 Å². The van der Waals surface area contributed by atoms with E-state index in [-0.39, 0.29) is 22.8 Å². The number of nitrogens with one attached hydrogen (secondary N) is 1. The molecule has 7 nitrogen and oxygen atoms in total. The van der Waals surface area contributed by atoms with E-state index in [1.165, 1.54) is 11.1 Å². The summed E-state index contributed by atoms with van der Waals surface area (Å²) in [6, 6.07) is 8.36. The zero-order chi connectivity index (χ0) is 23.2. The minimum Gasteiger partial charge on any atom is -0.350 e. The summed E-state index contributed by atoms with van der Waals surface area (Å²) in [6.45, 7) is 0.396. The maximum absolute atomic E-state index is 13.9. The summed E-state index contributed by atoms with van der Waals surface area (Å²) in [5, 5.41) is 3.10. The highest BCUT2D eigenvalue weighted by atomic mass is 16.2. The maximum atomic E-state index is 13.9. The van der Waals surface area contributed by atoms with Gasteiger partial charge in [-0.2, -0.15) is 0 Å². The third-order valence-electron chi connectivity index (χ3n) is 8.57. The Kier molecular flexibility index (Phi) is 5.08. The molecule has 1 aliphatic heterocycles. The molecule has 3 aromatic rings. The molecule has 2 bridgehead atoms. The van der Waals surface area contributed by atoms with Gasteiger partial charge >= 0.3 is 0 Å². The number of fused-ring (bicyclic) bond motifs is 7. The van der Waals surface area contributed by atoms with Gasteiger partial charge in [0.25, 0.3) is 0 Å². The summed E-state index contributed by atoms with van der Waals surface area (Å²) in [6.07, 6.45) is 15.0. The number of hydrogen-bond acceptors (Lipinski definition) is 5. The number of benzene rings is 1. The van der Waals surface area contributed by atoms with Gasteiger partial charge in [0.1, 0.15) is 5.78 Å². The number of carbonyl (C=O) groups excluding carboxylic acids is 2. The average Bonchev–Trinajstić information content (AvgIpc) is 3.33. The van der Waals surface area contributed by atoms with Crippen LogP contribution in [0.4, 0.5) is 0 Å². The number of aromatic nitrogens is 4. The highest BCUT2D eigenvalue weighted by Crippen LogP contribution is 2.56. The number of amides is 1. The van der Waals surface area contributed by atoms with E-state index in [0.717, 1.165) is 56.3 Å². The van der Waals surface area contributed by atoms with Crippen molar-refractivity contribution in [2.45, 2.75) is 64.0 Å². The standard InChI is InChI=1S/C27H29N5O2/c33-24(14-22-20-4-1-2-5-21(20)23-17-29-18-32(22)23)26-6-3-7-27(10-8-26,11-9-26)25(34)31-16-19-15-28-12-13-30-19/h1-2,4-5,12-13,15,17-18,22H,3,6-11,14,16H2,(H,31,34). The van der Waals surface area contributed by atoms with Crippen LogP contribution in [0.3, 0.4) is 0 Å². The Labute approximate surface area is 199 Å². The molecule has 3 saturated carbocycles. The number of hydrogen-bond donors (Lipinski definition) is 1. The van der Waals surface area contributed by atoms with Crippen molar-refractivity contribution in [3.05, 3.63) is 66.6 Å². The topological polar surface area (TPSA) is 89.8 Å². The molecule has 3 fully saturated rings.